The summed E-state index contributed by atoms with van der Waals surface area (Å²) >= 11 is 0. The molecule has 1 amide bonds. The second-order valence-electron chi connectivity index (χ2n) is 5.74. The zero-order valence-electron chi connectivity index (χ0n) is 12.5. The average molecular weight is 291 g/mol. The van der Waals surface area contributed by atoms with Gasteiger partial charge in [-0.2, -0.15) is 0 Å². The van der Waals surface area contributed by atoms with Crippen molar-refractivity contribution in [3.63, 3.8) is 0 Å². The maximum Gasteiger partial charge on any atom is 0.227 e. The van der Waals surface area contributed by atoms with Gasteiger partial charge >= 0.3 is 0 Å². The zero-order valence-corrected chi connectivity index (χ0v) is 13.4. The molecule has 1 aliphatic rings. The molecule has 1 aliphatic carbocycles. The van der Waals surface area contributed by atoms with Crippen molar-refractivity contribution in [1.82, 2.24) is 5.32 Å². The molecule has 0 heterocycles. The number of carbonyl (C=O) groups excluding carboxylic acids is 1. The maximum absolute atomic E-state index is 12.2. The molecule has 0 aromatic heterocycles. The lowest BCUT2D eigenvalue weighted by Gasteiger charge is -2.29. The van der Waals surface area contributed by atoms with E-state index in [0.29, 0.717) is 6.54 Å². The summed E-state index contributed by atoms with van der Waals surface area (Å²) in [7, 11) is 0. The van der Waals surface area contributed by atoms with Gasteiger partial charge in [0.15, 0.2) is 0 Å². The Morgan fingerprint density at radius 1 is 1.21 bits per heavy atom. The van der Waals surface area contributed by atoms with Crippen molar-refractivity contribution in [1.29, 1.82) is 0 Å². The van der Waals surface area contributed by atoms with Crippen LogP contribution in [0.4, 0.5) is 0 Å². The fraction of sp³-hybridized carbons (Fsp3) is 0.933. The van der Waals surface area contributed by atoms with E-state index in [1.54, 1.807) is 0 Å². The van der Waals surface area contributed by atoms with E-state index in [1.807, 2.05) is 0 Å². The van der Waals surface area contributed by atoms with E-state index in [-0.39, 0.29) is 23.7 Å². The van der Waals surface area contributed by atoms with E-state index < -0.39 is 0 Å². The Balaban J connectivity index is 0.00000324. The fourth-order valence-corrected chi connectivity index (χ4v) is 3.01. The Morgan fingerprint density at radius 2 is 1.79 bits per heavy atom. The molecule has 0 aliphatic heterocycles. The molecule has 0 aromatic rings. The molecular weight excluding hydrogens is 260 g/mol. The van der Waals surface area contributed by atoms with E-state index in [9.17, 15) is 4.79 Å². The van der Waals surface area contributed by atoms with E-state index in [1.165, 1.54) is 32.1 Å². The molecule has 0 atom stereocenters. The standard InChI is InChI=1S/C15H30N2O.ClH/c1-3-15(4-2,12-16)14(18)17-11-10-13-8-6-5-7-9-13;/h13H,3-12,16H2,1-2H3,(H,17,18);1H. The SMILES string of the molecule is CCC(CC)(CN)C(=O)NCCC1CCCCC1.Cl. The molecule has 19 heavy (non-hydrogen) atoms. The van der Waals surface area contributed by atoms with Gasteiger partial charge < -0.3 is 11.1 Å². The lowest BCUT2D eigenvalue weighted by Crippen LogP contribution is -2.45. The largest absolute Gasteiger partial charge is 0.356 e. The predicted molar refractivity (Wildman–Crippen MR) is 83.5 cm³/mol. The van der Waals surface area contributed by atoms with Crippen molar-refractivity contribution in [2.24, 2.45) is 17.1 Å². The summed E-state index contributed by atoms with van der Waals surface area (Å²) in [6.45, 7) is 5.38. The second kappa shape index (κ2) is 9.60. The Labute approximate surface area is 124 Å². The number of hydrogen-bond acceptors (Lipinski definition) is 2. The van der Waals surface area contributed by atoms with Crippen LogP contribution < -0.4 is 11.1 Å². The van der Waals surface area contributed by atoms with Gasteiger partial charge in [0, 0.05) is 13.1 Å². The molecule has 0 bridgehead atoms. The Kier molecular flexibility index (Phi) is 9.46. The van der Waals surface area contributed by atoms with Crippen LogP contribution in [0.15, 0.2) is 0 Å². The molecule has 1 fully saturated rings. The first-order chi connectivity index (χ1) is 8.68. The minimum Gasteiger partial charge on any atom is -0.356 e. The predicted octanol–water partition coefficient (Wildman–Crippen LogP) is 3.26. The van der Waals surface area contributed by atoms with Crippen LogP contribution in [0, 0.1) is 11.3 Å². The van der Waals surface area contributed by atoms with Crippen molar-refractivity contribution in [3.05, 3.63) is 0 Å². The van der Waals surface area contributed by atoms with Crippen molar-refractivity contribution in [2.45, 2.75) is 65.2 Å². The fourth-order valence-electron chi connectivity index (χ4n) is 3.01. The van der Waals surface area contributed by atoms with Gasteiger partial charge in [0.1, 0.15) is 0 Å². The number of hydrogen-bond donors (Lipinski definition) is 2. The molecule has 0 radical (unpaired) electrons. The van der Waals surface area contributed by atoms with Crippen LogP contribution in [-0.4, -0.2) is 19.0 Å². The molecule has 0 unspecified atom stereocenters. The quantitative estimate of drug-likeness (QED) is 0.756. The summed E-state index contributed by atoms with van der Waals surface area (Å²) in [6.07, 6.45) is 9.62. The number of halogens is 1. The summed E-state index contributed by atoms with van der Waals surface area (Å²) in [5, 5.41) is 3.10. The second-order valence-corrected chi connectivity index (χ2v) is 5.74. The number of rotatable bonds is 7. The van der Waals surface area contributed by atoms with Crippen LogP contribution >= 0.6 is 12.4 Å². The topological polar surface area (TPSA) is 55.1 Å². The van der Waals surface area contributed by atoms with Crippen LogP contribution in [0.25, 0.3) is 0 Å². The first-order valence-corrected chi connectivity index (χ1v) is 7.67. The zero-order chi connectivity index (χ0) is 13.4. The highest BCUT2D eigenvalue weighted by Gasteiger charge is 2.32. The minimum absolute atomic E-state index is 0. The molecule has 1 rings (SSSR count). The third-order valence-corrected chi connectivity index (χ3v) is 4.79. The van der Waals surface area contributed by atoms with E-state index in [4.69, 9.17) is 5.73 Å². The van der Waals surface area contributed by atoms with Gasteiger partial charge in [0.05, 0.1) is 5.41 Å². The van der Waals surface area contributed by atoms with Crippen LogP contribution in [0.2, 0.25) is 0 Å². The highest BCUT2D eigenvalue weighted by atomic mass is 35.5. The normalized spacial score (nSPS) is 16.8. The smallest absolute Gasteiger partial charge is 0.227 e. The summed E-state index contributed by atoms with van der Waals surface area (Å²) < 4.78 is 0. The van der Waals surface area contributed by atoms with Crippen molar-refractivity contribution in [3.8, 4) is 0 Å². The first-order valence-electron chi connectivity index (χ1n) is 7.67. The van der Waals surface area contributed by atoms with E-state index >= 15 is 0 Å². The van der Waals surface area contributed by atoms with Crippen LogP contribution in [0.3, 0.4) is 0 Å². The highest BCUT2D eigenvalue weighted by molar-refractivity contribution is 5.85. The van der Waals surface area contributed by atoms with Gasteiger partial charge in [-0.05, 0) is 25.2 Å². The molecule has 114 valence electrons. The highest BCUT2D eigenvalue weighted by Crippen LogP contribution is 2.27. The van der Waals surface area contributed by atoms with E-state index in [0.717, 1.165) is 31.7 Å². The third-order valence-electron chi connectivity index (χ3n) is 4.79. The average Bonchev–Trinajstić information content (AvgIpc) is 2.42. The molecule has 3 N–H and O–H groups in total. The van der Waals surface area contributed by atoms with Crippen LogP contribution in [0.5, 0.6) is 0 Å². The first kappa shape index (κ1) is 18.7. The van der Waals surface area contributed by atoms with E-state index in [2.05, 4.69) is 19.2 Å². The molecule has 0 saturated heterocycles. The van der Waals surface area contributed by atoms with Gasteiger partial charge in [-0.15, -0.1) is 12.4 Å². The molecule has 4 heteroatoms. The lowest BCUT2D eigenvalue weighted by molar-refractivity contribution is -0.131. The Hall–Kier alpha value is -0.280. The molecular formula is C15H31ClN2O. The summed E-state index contributed by atoms with van der Waals surface area (Å²) in [5.74, 6) is 0.986. The summed E-state index contributed by atoms with van der Waals surface area (Å²) in [6, 6.07) is 0. The molecule has 0 aromatic carbocycles. The summed E-state index contributed by atoms with van der Waals surface area (Å²) in [5.41, 5.74) is 5.44. The molecule has 3 nitrogen and oxygen atoms in total. The third kappa shape index (κ3) is 5.31. The van der Waals surface area contributed by atoms with Crippen molar-refractivity contribution >= 4 is 18.3 Å². The van der Waals surface area contributed by atoms with Crippen LogP contribution in [0.1, 0.15) is 65.2 Å². The van der Waals surface area contributed by atoms with Gasteiger partial charge in [-0.1, -0.05) is 46.0 Å². The van der Waals surface area contributed by atoms with Crippen molar-refractivity contribution < 1.29 is 4.79 Å². The number of nitrogens with two attached hydrogens (primary N) is 1. The minimum atomic E-state index is -0.341. The molecule has 0 spiro atoms. The maximum atomic E-state index is 12.2. The number of nitrogens with one attached hydrogen (secondary N) is 1. The lowest BCUT2D eigenvalue weighted by atomic mass is 9.81. The van der Waals surface area contributed by atoms with Gasteiger partial charge in [0.2, 0.25) is 5.91 Å². The number of carbonyl (C=O) groups is 1. The van der Waals surface area contributed by atoms with Gasteiger partial charge in [-0.25, -0.2) is 0 Å². The molecule has 1 saturated carbocycles. The Bertz CT molecular complexity index is 240. The number of amides is 1. The van der Waals surface area contributed by atoms with Gasteiger partial charge in [0.25, 0.3) is 0 Å². The monoisotopic (exact) mass is 290 g/mol. The van der Waals surface area contributed by atoms with Crippen molar-refractivity contribution in [2.75, 3.05) is 13.1 Å². The van der Waals surface area contributed by atoms with Gasteiger partial charge in [-0.3, -0.25) is 4.79 Å². The Morgan fingerprint density at radius 3 is 2.26 bits per heavy atom. The van der Waals surface area contributed by atoms with Crippen LogP contribution in [-0.2, 0) is 4.79 Å². The summed E-state index contributed by atoms with van der Waals surface area (Å²) in [4.78, 5) is 12.2.